The van der Waals surface area contributed by atoms with Crippen LogP contribution in [-0.4, -0.2) is 48.3 Å². The summed E-state index contributed by atoms with van der Waals surface area (Å²) in [7, 11) is 0. The Hall–Kier alpha value is -3.40. The van der Waals surface area contributed by atoms with E-state index >= 15 is 0 Å². The molecule has 2 fully saturated rings. The number of hydrazine groups is 1. The molecular formula is C27H31F3N4O3. The van der Waals surface area contributed by atoms with Gasteiger partial charge < -0.3 is 10.2 Å². The molecule has 2 aromatic rings. The van der Waals surface area contributed by atoms with Crippen molar-refractivity contribution in [3.8, 4) is 0 Å². The molecule has 2 aliphatic rings. The van der Waals surface area contributed by atoms with Crippen LogP contribution >= 0.6 is 0 Å². The summed E-state index contributed by atoms with van der Waals surface area (Å²) in [5, 5.41) is 2.41. The number of nitrogens with one attached hydrogen (secondary N) is 3. The van der Waals surface area contributed by atoms with Gasteiger partial charge in [0.1, 0.15) is 23.0 Å². The van der Waals surface area contributed by atoms with Crippen molar-refractivity contribution < 1.29 is 27.6 Å². The van der Waals surface area contributed by atoms with Gasteiger partial charge in [-0.3, -0.25) is 19.8 Å². The van der Waals surface area contributed by atoms with E-state index in [4.69, 9.17) is 0 Å². The Morgan fingerprint density at radius 2 is 1.78 bits per heavy atom. The van der Waals surface area contributed by atoms with Crippen molar-refractivity contribution in [2.75, 3.05) is 19.6 Å². The third kappa shape index (κ3) is 5.95. The van der Waals surface area contributed by atoms with Crippen LogP contribution in [0.3, 0.4) is 0 Å². The molecule has 0 aromatic heterocycles. The zero-order chi connectivity index (χ0) is 26.5. The van der Waals surface area contributed by atoms with Gasteiger partial charge in [0.25, 0.3) is 11.8 Å². The molecule has 1 saturated carbocycles. The molecule has 0 bridgehead atoms. The van der Waals surface area contributed by atoms with E-state index in [-0.39, 0.29) is 49.0 Å². The van der Waals surface area contributed by atoms with Crippen molar-refractivity contribution in [3.05, 3.63) is 70.5 Å². The average molecular weight is 517 g/mol. The van der Waals surface area contributed by atoms with Gasteiger partial charge in [-0.1, -0.05) is 25.0 Å². The van der Waals surface area contributed by atoms with Crippen molar-refractivity contribution in [1.29, 1.82) is 0 Å². The van der Waals surface area contributed by atoms with Gasteiger partial charge in [0, 0.05) is 31.6 Å². The molecular weight excluding hydrogens is 485 g/mol. The smallest absolute Gasteiger partial charge is 0.257 e. The first-order valence-corrected chi connectivity index (χ1v) is 12.7. The summed E-state index contributed by atoms with van der Waals surface area (Å²) in [4.78, 5) is 39.0. The summed E-state index contributed by atoms with van der Waals surface area (Å²) < 4.78 is 42.4. The molecule has 198 valence electrons. The SMILES string of the molecule is CCN(CCNC(=O)c1c(F)cccc1F)C(=O)c1cc(CC2NNC(=O)C3CCCCC23)ccc1F. The Morgan fingerprint density at radius 3 is 2.51 bits per heavy atom. The normalized spacial score (nSPS) is 21.1. The fourth-order valence-corrected chi connectivity index (χ4v) is 5.33. The molecule has 3 amide bonds. The van der Waals surface area contributed by atoms with Crippen LogP contribution in [-0.2, 0) is 11.2 Å². The molecule has 4 rings (SSSR count). The molecule has 1 aliphatic carbocycles. The Morgan fingerprint density at radius 1 is 1.05 bits per heavy atom. The Bertz CT molecular complexity index is 1160. The first-order valence-electron chi connectivity index (χ1n) is 12.7. The molecule has 3 atom stereocenters. The first-order chi connectivity index (χ1) is 17.8. The molecule has 3 N–H and O–H groups in total. The van der Waals surface area contributed by atoms with Gasteiger partial charge in [-0.25, -0.2) is 18.6 Å². The summed E-state index contributed by atoms with van der Waals surface area (Å²) in [6.07, 6.45) is 4.41. The van der Waals surface area contributed by atoms with Crippen molar-refractivity contribution in [1.82, 2.24) is 21.1 Å². The van der Waals surface area contributed by atoms with Crippen molar-refractivity contribution in [3.63, 3.8) is 0 Å². The van der Waals surface area contributed by atoms with E-state index < -0.39 is 34.8 Å². The lowest BCUT2D eigenvalue weighted by Gasteiger charge is -2.41. The standard InChI is InChI=1S/C27H31F3N4O3/c1-2-34(13-12-31-26(36)24-21(29)8-5-9-22(24)30)27(37)19-14-16(10-11-20(19)28)15-23-17-6-3-4-7-18(17)25(35)33-32-23/h5,8-11,14,17-18,23,32H,2-4,6-7,12-13,15H2,1H3,(H,31,36)(H,33,35). The third-order valence-electron chi connectivity index (χ3n) is 7.30. The van der Waals surface area contributed by atoms with Gasteiger partial charge in [0.2, 0.25) is 5.91 Å². The van der Waals surface area contributed by atoms with Crippen molar-refractivity contribution >= 4 is 17.7 Å². The monoisotopic (exact) mass is 516 g/mol. The molecule has 1 aliphatic heterocycles. The topological polar surface area (TPSA) is 90.5 Å². The second kappa shape index (κ2) is 11.8. The maximum Gasteiger partial charge on any atom is 0.257 e. The van der Waals surface area contributed by atoms with Crippen LogP contribution in [0.5, 0.6) is 0 Å². The minimum absolute atomic E-state index is 0.0133. The number of halogens is 3. The highest BCUT2D eigenvalue weighted by Gasteiger charge is 2.39. The van der Waals surface area contributed by atoms with Crippen LogP contribution in [0, 0.1) is 29.3 Å². The molecule has 2 aromatic carbocycles. The van der Waals surface area contributed by atoms with Crippen LogP contribution in [0.4, 0.5) is 13.2 Å². The number of nitrogens with zero attached hydrogens (tertiary/aromatic N) is 1. The molecule has 10 heteroatoms. The fourth-order valence-electron chi connectivity index (χ4n) is 5.33. The highest BCUT2D eigenvalue weighted by atomic mass is 19.1. The lowest BCUT2D eigenvalue weighted by atomic mass is 9.72. The lowest BCUT2D eigenvalue weighted by Crippen LogP contribution is -2.60. The number of fused-ring (bicyclic) bond motifs is 1. The fraction of sp³-hybridized carbons (Fsp3) is 0.444. The molecule has 1 heterocycles. The van der Waals surface area contributed by atoms with Crippen LogP contribution in [0.1, 0.15) is 58.9 Å². The predicted octanol–water partition coefficient (Wildman–Crippen LogP) is 3.35. The zero-order valence-electron chi connectivity index (χ0n) is 20.7. The van der Waals surface area contributed by atoms with E-state index in [0.717, 1.165) is 49.4 Å². The van der Waals surface area contributed by atoms with Gasteiger partial charge in [0.15, 0.2) is 0 Å². The Kier molecular flexibility index (Phi) is 8.48. The number of rotatable bonds is 8. The van der Waals surface area contributed by atoms with Gasteiger partial charge in [-0.15, -0.1) is 0 Å². The van der Waals surface area contributed by atoms with Gasteiger partial charge in [-0.05, 0) is 61.9 Å². The number of likely N-dealkylation sites (N-methyl/N-ethyl adjacent to an activating group) is 1. The van der Waals surface area contributed by atoms with Gasteiger partial charge in [0.05, 0.1) is 5.56 Å². The zero-order valence-corrected chi connectivity index (χ0v) is 20.7. The second-order valence-corrected chi connectivity index (χ2v) is 9.55. The summed E-state index contributed by atoms with van der Waals surface area (Å²) in [5.41, 5.74) is 5.83. The maximum atomic E-state index is 14.7. The highest BCUT2D eigenvalue weighted by Crippen LogP contribution is 2.35. The number of benzene rings is 2. The van der Waals surface area contributed by atoms with Gasteiger partial charge >= 0.3 is 0 Å². The third-order valence-corrected chi connectivity index (χ3v) is 7.30. The molecule has 3 unspecified atom stereocenters. The van der Waals surface area contributed by atoms with E-state index in [1.807, 2.05) is 0 Å². The van der Waals surface area contributed by atoms with E-state index in [2.05, 4.69) is 16.2 Å². The minimum Gasteiger partial charge on any atom is -0.350 e. The number of carbonyl (C=O) groups is 3. The minimum atomic E-state index is -0.980. The molecule has 0 spiro atoms. The van der Waals surface area contributed by atoms with Gasteiger partial charge in [-0.2, -0.15) is 0 Å². The predicted molar refractivity (Wildman–Crippen MR) is 131 cm³/mol. The largest absolute Gasteiger partial charge is 0.350 e. The maximum absolute atomic E-state index is 14.7. The van der Waals surface area contributed by atoms with Crippen LogP contribution < -0.4 is 16.2 Å². The number of hydrogen-bond donors (Lipinski definition) is 3. The van der Waals surface area contributed by atoms with Crippen molar-refractivity contribution in [2.45, 2.75) is 45.1 Å². The summed E-state index contributed by atoms with van der Waals surface area (Å²) >= 11 is 0. The lowest BCUT2D eigenvalue weighted by molar-refractivity contribution is -0.133. The Balaban J connectivity index is 1.40. The molecule has 1 saturated heterocycles. The quantitative estimate of drug-likeness (QED) is 0.502. The van der Waals surface area contributed by atoms with E-state index in [9.17, 15) is 27.6 Å². The average Bonchev–Trinajstić information content (AvgIpc) is 2.89. The van der Waals surface area contributed by atoms with Crippen LogP contribution in [0.25, 0.3) is 0 Å². The molecule has 37 heavy (non-hydrogen) atoms. The van der Waals surface area contributed by atoms with E-state index in [1.54, 1.807) is 13.0 Å². The summed E-state index contributed by atoms with van der Waals surface area (Å²) in [5.74, 6) is -3.94. The number of hydrogen-bond acceptors (Lipinski definition) is 4. The summed E-state index contributed by atoms with van der Waals surface area (Å²) in [6, 6.07) is 7.55. The van der Waals surface area contributed by atoms with Crippen LogP contribution in [0.15, 0.2) is 36.4 Å². The second-order valence-electron chi connectivity index (χ2n) is 9.55. The van der Waals surface area contributed by atoms with E-state index in [0.29, 0.717) is 6.42 Å². The molecule has 7 nitrogen and oxygen atoms in total. The summed E-state index contributed by atoms with van der Waals surface area (Å²) in [6.45, 7) is 1.92. The molecule has 0 radical (unpaired) electrons. The van der Waals surface area contributed by atoms with Crippen LogP contribution in [0.2, 0.25) is 0 Å². The first kappa shape index (κ1) is 26.7. The highest BCUT2D eigenvalue weighted by molar-refractivity contribution is 5.95. The van der Waals surface area contributed by atoms with E-state index in [1.165, 1.54) is 17.0 Å². The van der Waals surface area contributed by atoms with Crippen molar-refractivity contribution in [2.24, 2.45) is 11.8 Å². The Labute approximate surface area is 213 Å². The number of carbonyl (C=O) groups excluding carboxylic acids is 3. The number of amides is 3.